The summed E-state index contributed by atoms with van der Waals surface area (Å²) in [4.78, 5) is 49.3. The van der Waals surface area contributed by atoms with Gasteiger partial charge in [-0.25, -0.2) is 28.3 Å². The van der Waals surface area contributed by atoms with E-state index in [-0.39, 0.29) is 36.0 Å². The fourth-order valence-electron chi connectivity index (χ4n) is 6.51. The first-order valence-electron chi connectivity index (χ1n) is 16.3. The molecule has 0 unspecified atom stereocenters. The number of alkyl carbamates (subject to hydrolysis) is 1. The third-order valence-corrected chi connectivity index (χ3v) is 9.03. The lowest BCUT2D eigenvalue weighted by Crippen LogP contribution is -2.57. The first kappa shape index (κ1) is 37.6. The number of hydrogen-bond acceptors (Lipinski definition) is 8. The van der Waals surface area contributed by atoms with E-state index >= 15 is 0 Å². The minimum Gasteiger partial charge on any atom is -0.471 e. The number of methoxy groups -OCH3 is 1. The predicted molar refractivity (Wildman–Crippen MR) is 173 cm³/mol. The van der Waals surface area contributed by atoms with Gasteiger partial charge in [-0.3, -0.25) is 4.79 Å². The van der Waals surface area contributed by atoms with E-state index in [2.05, 4.69) is 35.4 Å². The van der Waals surface area contributed by atoms with Gasteiger partial charge in [-0.15, -0.1) is 6.58 Å². The number of nitrogens with zero attached hydrogens (tertiary/aromatic N) is 3. The van der Waals surface area contributed by atoms with Gasteiger partial charge < -0.3 is 24.4 Å². The maximum absolute atomic E-state index is 15.0. The summed E-state index contributed by atoms with van der Waals surface area (Å²) in [7, 11) is 1.13. The number of alkyl halides is 2. The summed E-state index contributed by atoms with van der Waals surface area (Å²) in [6.07, 6.45) is 4.05. The molecule has 1 aromatic carbocycles. The number of unbranched alkanes of at least 4 members (excludes halogenated alkanes) is 1. The molecule has 0 radical (unpaired) electrons. The lowest BCUT2D eigenvalue weighted by Gasteiger charge is -2.35. The maximum atomic E-state index is 15.0. The number of carbonyl (C=O) groups is 3. The number of esters is 1. The Bertz CT molecular complexity index is 1580. The van der Waals surface area contributed by atoms with Crippen LogP contribution in [0.4, 0.5) is 22.4 Å². The fourth-order valence-corrected chi connectivity index (χ4v) is 6.51. The van der Waals surface area contributed by atoms with Crippen LogP contribution in [0.3, 0.4) is 0 Å². The molecule has 10 nitrogen and oxygen atoms in total. The molecule has 0 spiro atoms. The molecule has 2 fully saturated rings. The lowest BCUT2D eigenvalue weighted by atomic mass is 9.85. The summed E-state index contributed by atoms with van der Waals surface area (Å²) >= 11 is 0. The molecule has 1 aliphatic heterocycles. The van der Waals surface area contributed by atoms with Crippen molar-refractivity contribution in [3.8, 4) is 5.88 Å². The van der Waals surface area contributed by atoms with Crippen molar-refractivity contribution < 1.29 is 46.2 Å². The number of aromatic nitrogens is 2. The Morgan fingerprint density at radius 2 is 1.73 bits per heavy atom. The molecule has 2 aromatic rings. The van der Waals surface area contributed by atoms with Crippen LogP contribution >= 0.6 is 0 Å². The van der Waals surface area contributed by atoms with Crippen molar-refractivity contribution in [1.29, 1.82) is 0 Å². The number of benzene rings is 1. The van der Waals surface area contributed by atoms with Crippen LogP contribution in [-0.4, -0.2) is 70.8 Å². The van der Waals surface area contributed by atoms with Gasteiger partial charge in [0.1, 0.15) is 24.3 Å². The van der Waals surface area contributed by atoms with Crippen LogP contribution in [0.2, 0.25) is 0 Å². The highest BCUT2D eigenvalue weighted by molar-refractivity contribution is 5.91. The van der Waals surface area contributed by atoms with Crippen molar-refractivity contribution in [3.05, 3.63) is 54.8 Å². The summed E-state index contributed by atoms with van der Waals surface area (Å²) in [5.41, 5.74) is -2.48. The lowest BCUT2D eigenvalue weighted by molar-refractivity contribution is -0.152. The van der Waals surface area contributed by atoms with Gasteiger partial charge in [-0.1, -0.05) is 40.3 Å². The molecule has 0 bridgehead atoms. The second-order valence-corrected chi connectivity index (χ2v) is 13.9. The van der Waals surface area contributed by atoms with Gasteiger partial charge in [0.25, 0.3) is 0 Å². The molecule has 2 heterocycles. The monoisotopic (exact) mass is 692 g/mol. The zero-order valence-corrected chi connectivity index (χ0v) is 28.4. The fraction of sp³-hybridized carbons (Fsp3) is 0.571. The van der Waals surface area contributed by atoms with Gasteiger partial charge in [-0.2, -0.15) is 8.78 Å². The van der Waals surface area contributed by atoms with Gasteiger partial charge in [-0.05, 0) is 55.4 Å². The predicted octanol–water partition coefficient (Wildman–Crippen LogP) is 6.62. The van der Waals surface area contributed by atoms with Crippen LogP contribution in [-0.2, 0) is 25.0 Å². The number of ether oxygens (including phenoxy) is 3. The Hall–Kier alpha value is -4.23. The van der Waals surface area contributed by atoms with Crippen molar-refractivity contribution in [2.75, 3.05) is 13.7 Å². The van der Waals surface area contributed by atoms with Crippen LogP contribution < -0.4 is 10.1 Å². The van der Waals surface area contributed by atoms with Crippen LogP contribution in [0.1, 0.15) is 71.9 Å². The zero-order valence-electron chi connectivity index (χ0n) is 28.4. The highest BCUT2D eigenvalue weighted by atomic mass is 19.3. The van der Waals surface area contributed by atoms with Gasteiger partial charge in [0.15, 0.2) is 17.3 Å². The number of likely N-dealkylation sites (tertiary alicyclic amines) is 1. The summed E-state index contributed by atoms with van der Waals surface area (Å²) in [6.45, 7) is 13.9. The minimum atomic E-state index is -3.79. The molecule has 1 saturated heterocycles. The molecular weight excluding hydrogens is 648 g/mol. The number of allylic oxidation sites excluding steroid dienone is 2. The summed E-state index contributed by atoms with van der Waals surface area (Å²) < 4.78 is 74.4. The third kappa shape index (κ3) is 8.69. The molecule has 1 aliphatic carbocycles. The van der Waals surface area contributed by atoms with Crippen molar-refractivity contribution >= 4 is 29.0 Å². The standard InChI is InChI=1S/C35H44F4N4O6/c1-8-10-11-12-20-13-19(3)14-27(20)49-33(46)42-29(34(4,5)6)31(44)43-18-21(15-26(43)32(45)47-7)48-30-28(35(38,39)9-2)40-24-16-22(36)23(37)17-25(24)41-30/h8-9,16-17,19-21,26-27,29H,1-2,10-15,18H2,3-7H3,(H,42,46)/t19-,20-,21-,26+,27-,29-/m1/s1. The Morgan fingerprint density at radius 3 is 2.33 bits per heavy atom. The first-order chi connectivity index (χ1) is 23.0. The maximum Gasteiger partial charge on any atom is 0.408 e. The largest absolute Gasteiger partial charge is 0.471 e. The smallest absolute Gasteiger partial charge is 0.408 e. The number of nitrogens with one attached hydrogen (secondary N) is 1. The van der Waals surface area contributed by atoms with Crippen LogP contribution in [0.15, 0.2) is 37.4 Å². The molecule has 1 N–H and O–H groups in total. The Labute approximate surface area is 283 Å². The zero-order chi connectivity index (χ0) is 36.3. The van der Waals surface area contributed by atoms with Crippen LogP contribution in [0.25, 0.3) is 11.0 Å². The SMILES string of the molecule is C=CCCC[C@@H]1C[C@@H](C)C[C@H]1OC(=O)N[C@H](C(=O)N1C[C@H](Oc2nc3cc(F)c(F)cc3nc2C(F)(F)C=C)C[C@H]1C(=O)OC)C(C)(C)C. The third-order valence-electron chi connectivity index (χ3n) is 9.03. The quantitative estimate of drug-likeness (QED) is 0.114. The number of carbonyl (C=O) groups excluding carboxylic acids is 3. The Balaban J connectivity index is 1.58. The van der Waals surface area contributed by atoms with E-state index in [0.29, 0.717) is 30.5 Å². The van der Waals surface area contributed by atoms with E-state index in [4.69, 9.17) is 14.2 Å². The number of rotatable bonds is 12. The highest BCUT2D eigenvalue weighted by Gasteiger charge is 2.47. The van der Waals surface area contributed by atoms with Gasteiger partial charge in [0.05, 0.1) is 24.7 Å². The summed E-state index contributed by atoms with van der Waals surface area (Å²) in [5.74, 6) is -7.98. The first-order valence-corrected chi connectivity index (χ1v) is 16.3. The van der Waals surface area contributed by atoms with Crippen molar-refractivity contribution in [2.24, 2.45) is 17.3 Å². The van der Waals surface area contributed by atoms with Crippen molar-refractivity contribution in [1.82, 2.24) is 20.2 Å². The topological polar surface area (TPSA) is 120 Å². The number of amides is 2. The van der Waals surface area contributed by atoms with Crippen molar-refractivity contribution in [2.45, 2.75) is 96.4 Å². The minimum absolute atomic E-state index is 0.178. The number of fused-ring (bicyclic) bond motifs is 1. The van der Waals surface area contributed by atoms with Gasteiger partial charge in [0.2, 0.25) is 11.8 Å². The van der Waals surface area contributed by atoms with E-state index in [1.54, 1.807) is 20.8 Å². The molecule has 2 amide bonds. The second kappa shape index (κ2) is 15.1. The number of halogens is 4. The second-order valence-electron chi connectivity index (χ2n) is 13.9. The Morgan fingerprint density at radius 1 is 1.08 bits per heavy atom. The molecular formula is C35H44F4N4O6. The number of hydrogen-bond donors (Lipinski definition) is 1. The van der Waals surface area contributed by atoms with Gasteiger partial charge in [0, 0.05) is 18.6 Å². The molecule has 2 aliphatic rings. The average Bonchev–Trinajstić information content (AvgIpc) is 3.61. The highest BCUT2D eigenvalue weighted by Crippen LogP contribution is 2.38. The van der Waals surface area contributed by atoms with E-state index in [1.807, 2.05) is 6.08 Å². The van der Waals surface area contributed by atoms with E-state index in [9.17, 15) is 31.9 Å². The van der Waals surface area contributed by atoms with E-state index in [0.717, 1.165) is 37.7 Å². The van der Waals surface area contributed by atoms with E-state index in [1.165, 1.54) is 0 Å². The van der Waals surface area contributed by atoms with Crippen molar-refractivity contribution in [3.63, 3.8) is 0 Å². The van der Waals surface area contributed by atoms with Crippen LogP contribution in [0.5, 0.6) is 5.88 Å². The Kier molecular flexibility index (Phi) is 11.6. The molecule has 14 heteroatoms. The average molecular weight is 693 g/mol. The molecule has 1 saturated carbocycles. The molecule has 6 atom stereocenters. The van der Waals surface area contributed by atoms with Gasteiger partial charge >= 0.3 is 18.0 Å². The molecule has 268 valence electrons. The molecule has 49 heavy (non-hydrogen) atoms. The summed E-state index contributed by atoms with van der Waals surface area (Å²) in [6, 6.07) is -1.05. The molecule has 1 aromatic heterocycles. The summed E-state index contributed by atoms with van der Waals surface area (Å²) in [5, 5.41) is 2.71. The normalized spacial score (nSPS) is 23.2. The van der Waals surface area contributed by atoms with Crippen LogP contribution in [0, 0.1) is 28.9 Å². The molecule has 4 rings (SSSR count). The van der Waals surface area contributed by atoms with E-state index < -0.39 is 70.7 Å².